The fourth-order valence-electron chi connectivity index (χ4n) is 1.78. The van der Waals surface area contributed by atoms with Crippen LogP contribution in [-0.2, 0) is 9.53 Å². The number of methoxy groups -OCH3 is 2. The van der Waals surface area contributed by atoms with Gasteiger partial charge in [-0.2, -0.15) is 5.26 Å². The first-order valence-electron chi connectivity index (χ1n) is 6.40. The molecule has 0 aliphatic carbocycles. The van der Waals surface area contributed by atoms with E-state index in [1.54, 1.807) is 25.1 Å². The molecule has 1 aromatic rings. The molecule has 0 unspecified atom stereocenters. The van der Waals surface area contributed by atoms with Gasteiger partial charge >= 0.3 is 0 Å². The molecule has 2 atom stereocenters. The fourth-order valence-corrected chi connectivity index (χ4v) is 1.78. The molecule has 0 saturated carbocycles. The summed E-state index contributed by atoms with van der Waals surface area (Å²) in [5.41, 5.74) is 0.289. The number of rotatable bonds is 7. The van der Waals surface area contributed by atoms with E-state index in [1.807, 2.05) is 0 Å². The van der Waals surface area contributed by atoms with Crippen molar-refractivity contribution in [3.8, 4) is 11.8 Å². The van der Waals surface area contributed by atoms with Gasteiger partial charge in [-0.1, -0.05) is 0 Å². The third-order valence-corrected chi connectivity index (χ3v) is 2.83. The van der Waals surface area contributed by atoms with Crippen molar-refractivity contribution < 1.29 is 19.1 Å². The van der Waals surface area contributed by atoms with Crippen LogP contribution < -0.4 is 10.1 Å². The maximum Gasteiger partial charge on any atom is 0.245 e. The standard InChI is InChI=1S/C15H18N2O4/c1-10(9-20-2)17-15(19)13(8-16)14(18)11-4-6-12(21-3)7-5-11/h4-7,10,13H,9H2,1-3H3,(H,17,19)/t10-,13-/m1/s1. The number of ether oxygens (including phenoxy) is 2. The molecular weight excluding hydrogens is 272 g/mol. The van der Waals surface area contributed by atoms with Crippen molar-refractivity contribution in [2.75, 3.05) is 20.8 Å². The van der Waals surface area contributed by atoms with Crippen LogP contribution in [0.2, 0.25) is 0 Å². The van der Waals surface area contributed by atoms with Crippen LogP contribution in [0.5, 0.6) is 5.75 Å². The summed E-state index contributed by atoms with van der Waals surface area (Å²) in [5.74, 6) is -1.94. The molecule has 0 radical (unpaired) electrons. The quantitative estimate of drug-likeness (QED) is 0.601. The Morgan fingerprint density at radius 1 is 1.29 bits per heavy atom. The Kier molecular flexibility index (Phi) is 6.37. The Morgan fingerprint density at radius 2 is 1.90 bits per heavy atom. The summed E-state index contributed by atoms with van der Waals surface area (Å²) in [4.78, 5) is 24.2. The molecule has 0 fully saturated rings. The summed E-state index contributed by atoms with van der Waals surface area (Å²) in [6, 6.07) is 7.73. The lowest BCUT2D eigenvalue weighted by Crippen LogP contribution is -2.41. The Hall–Kier alpha value is -2.39. The van der Waals surface area contributed by atoms with E-state index in [1.165, 1.54) is 26.4 Å². The second-order valence-corrected chi connectivity index (χ2v) is 4.52. The third-order valence-electron chi connectivity index (χ3n) is 2.83. The first kappa shape index (κ1) is 16.7. The van der Waals surface area contributed by atoms with E-state index in [0.717, 1.165) is 0 Å². The molecule has 0 aromatic heterocycles. The number of ketones is 1. The molecule has 1 N–H and O–H groups in total. The Morgan fingerprint density at radius 3 is 2.38 bits per heavy atom. The zero-order valence-corrected chi connectivity index (χ0v) is 12.3. The maximum atomic E-state index is 12.2. The van der Waals surface area contributed by atoms with Gasteiger partial charge in [0.15, 0.2) is 11.7 Å². The van der Waals surface area contributed by atoms with Gasteiger partial charge in [-0.15, -0.1) is 0 Å². The number of carbonyl (C=O) groups is 2. The minimum absolute atomic E-state index is 0.276. The molecule has 6 nitrogen and oxygen atoms in total. The van der Waals surface area contributed by atoms with Crippen LogP contribution in [0.3, 0.4) is 0 Å². The van der Waals surface area contributed by atoms with Crippen LogP contribution in [0, 0.1) is 17.2 Å². The van der Waals surface area contributed by atoms with Crippen molar-refractivity contribution in [2.45, 2.75) is 13.0 Å². The van der Waals surface area contributed by atoms with E-state index in [4.69, 9.17) is 14.7 Å². The third kappa shape index (κ3) is 4.58. The predicted molar refractivity (Wildman–Crippen MR) is 75.9 cm³/mol. The Bertz CT molecular complexity index is 534. The highest BCUT2D eigenvalue weighted by atomic mass is 16.5. The van der Waals surface area contributed by atoms with E-state index in [9.17, 15) is 9.59 Å². The number of nitrogens with one attached hydrogen (secondary N) is 1. The van der Waals surface area contributed by atoms with Crippen molar-refractivity contribution in [1.29, 1.82) is 5.26 Å². The molecule has 1 aromatic carbocycles. The molecule has 1 rings (SSSR count). The van der Waals surface area contributed by atoms with Crippen LogP contribution in [0.4, 0.5) is 0 Å². The van der Waals surface area contributed by atoms with Crippen LogP contribution >= 0.6 is 0 Å². The predicted octanol–water partition coefficient (Wildman–Crippen LogP) is 1.17. The molecule has 6 heteroatoms. The van der Waals surface area contributed by atoms with Gasteiger partial charge in [0, 0.05) is 18.7 Å². The summed E-state index contributed by atoms with van der Waals surface area (Å²) in [6.07, 6.45) is 0. The van der Waals surface area contributed by atoms with Gasteiger partial charge in [0.05, 0.1) is 19.8 Å². The van der Waals surface area contributed by atoms with E-state index in [-0.39, 0.29) is 11.6 Å². The van der Waals surface area contributed by atoms with Crippen molar-refractivity contribution in [3.63, 3.8) is 0 Å². The highest BCUT2D eigenvalue weighted by molar-refractivity contribution is 6.12. The first-order chi connectivity index (χ1) is 10.0. The van der Waals surface area contributed by atoms with E-state index < -0.39 is 17.6 Å². The first-order valence-corrected chi connectivity index (χ1v) is 6.40. The zero-order valence-electron chi connectivity index (χ0n) is 12.3. The maximum absolute atomic E-state index is 12.2. The SMILES string of the molecule is COC[C@@H](C)NC(=O)[C@H](C#N)C(=O)c1ccc(OC)cc1. The Balaban J connectivity index is 2.81. The number of nitrogens with zero attached hydrogens (tertiary/aromatic N) is 1. The second-order valence-electron chi connectivity index (χ2n) is 4.52. The molecule has 0 bridgehead atoms. The number of benzene rings is 1. The Labute approximate surface area is 123 Å². The number of hydrogen-bond acceptors (Lipinski definition) is 5. The average Bonchev–Trinajstić information content (AvgIpc) is 2.48. The number of hydrogen-bond donors (Lipinski definition) is 1. The summed E-state index contributed by atoms with van der Waals surface area (Å²) in [6.45, 7) is 2.04. The monoisotopic (exact) mass is 290 g/mol. The molecule has 0 spiro atoms. The van der Waals surface area contributed by atoms with Crippen LogP contribution in [0.25, 0.3) is 0 Å². The van der Waals surface area contributed by atoms with Gasteiger partial charge < -0.3 is 14.8 Å². The minimum Gasteiger partial charge on any atom is -0.497 e. The largest absolute Gasteiger partial charge is 0.497 e. The topological polar surface area (TPSA) is 88.4 Å². The van der Waals surface area contributed by atoms with Crippen LogP contribution in [0.1, 0.15) is 17.3 Å². The van der Waals surface area contributed by atoms with E-state index in [0.29, 0.717) is 12.4 Å². The smallest absolute Gasteiger partial charge is 0.245 e. The summed E-state index contributed by atoms with van der Waals surface area (Å²) in [7, 11) is 3.02. The molecule has 1 amide bonds. The van der Waals surface area contributed by atoms with E-state index in [2.05, 4.69) is 5.32 Å². The van der Waals surface area contributed by atoms with Gasteiger partial charge in [-0.05, 0) is 31.2 Å². The summed E-state index contributed by atoms with van der Waals surface area (Å²) >= 11 is 0. The molecule has 112 valence electrons. The summed E-state index contributed by atoms with van der Waals surface area (Å²) in [5, 5.41) is 11.7. The summed E-state index contributed by atoms with van der Waals surface area (Å²) < 4.78 is 9.89. The average molecular weight is 290 g/mol. The minimum atomic E-state index is -1.38. The van der Waals surface area contributed by atoms with E-state index >= 15 is 0 Å². The van der Waals surface area contributed by atoms with Crippen molar-refractivity contribution >= 4 is 11.7 Å². The lowest BCUT2D eigenvalue weighted by molar-refractivity contribution is -0.123. The fraction of sp³-hybridized carbons (Fsp3) is 0.400. The zero-order chi connectivity index (χ0) is 15.8. The highest BCUT2D eigenvalue weighted by Crippen LogP contribution is 2.15. The molecule has 0 saturated heterocycles. The number of nitriles is 1. The highest BCUT2D eigenvalue weighted by Gasteiger charge is 2.28. The van der Waals surface area contributed by atoms with Gasteiger partial charge in [0.2, 0.25) is 5.91 Å². The molecule has 21 heavy (non-hydrogen) atoms. The van der Waals surface area contributed by atoms with Gasteiger partial charge in [-0.3, -0.25) is 9.59 Å². The van der Waals surface area contributed by atoms with Crippen molar-refractivity contribution in [3.05, 3.63) is 29.8 Å². The van der Waals surface area contributed by atoms with Gasteiger partial charge in [-0.25, -0.2) is 0 Å². The lowest BCUT2D eigenvalue weighted by atomic mass is 9.97. The normalized spacial score (nSPS) is 12.9. The number of carbonyl (C=O) groups excluding carboxylic acids is 2. The van der Waals surface area contributed by atoms with Crippen LogP contribution in [0.15, 0.2) is 24.3 Å². The lowest BCUT2D eigenvalue weighted by Gasteiger charge is -2.15. The van der Waals surface area contributed by atoms with Crippen molar-refractivity contribution in [2.24, 2.45) is 5.92 Å². The number of amides is 1. The second kappa shape index (κ2) is 8.02. The van der Waals surface area contributed by atoms with Gasteiger partial charge in [0.1, 0.15) is 5.75 Å². The molecule has 0 aliphatic heterocycles. The number of Topliss-reactive ketones (excluding diaryl/α,β-unsaturated/α-hetero) is 1. The molecular formula is C15H18N2O4. The molecule has 0 heterocycles. The van der Waals surface area contributed by atoms with Gasteiger partial charge in [0.25, 0.3) is 0 Å². The molecule has 0 aliphatic rings. The van der Waals surface area contributed by atoms with Crippen LogP contribution in [-0.4, -0.2) is 38.6 Å². The van der Waals surface area contributed by atoms with Crippen molar-refractivity contribution in [1.82, 2.24) is 5.32 Å².